The molecule has 4 rings (SSSR count). The van der Waals surface area contributed by atoms with E-state index in [9.17, 15) is 14.4 Å². The lowest BCUT2D eigenvalue weighted by Crippen LogP contribution is -2.42. The van der Waals surface area contributed by atoms with Gasteiger partial charge in [0.2, 0.25) is 17.7 Å². The quantitative estimate of drug-likeness (QED) is 0.584. The molecule has 33 heavy (non-hydrogen) atoms. The summed E-state index contributed by atoms with van der Waals surface area (Å²) in [7, 11) is 0. The van der Waals surface area contributed by atoms with Gasteiger partial charge in [-0.3, -0.25) is 14.4 Å². The second-order valence-corrected chi connectivity index (χ2v) is 8.15. The third kappa shape index (κ3) is 5.28. The molecule has 3 amide bonds. The van der Waals surface area contributed by atoms with Gasteiger partial charge in [0.25, 0.3) is 0 Å². The summed E-state index contributed by atoms with van der Waals surface area (Å²) < 4.78 is 1.91. The number of benzene rings is 2. The Balaban J connectivity index is 1.24. The monoisotopic (exact) mass is 445 g/mol. The van der Waals surface area contributed by atoms with Crippen molar-refractivity contribution in [1.29, 1.82) is 0 Å². The Hall–Kier alpha value is -3.94. The minimum atomic E-state index is -0.243. The Labute approximate surface area is 192 Å². The average molecular weight is 446 g/mol. The van der Waals surface area contributed by atoms with Crippen LogP contribution in [-0.2, 0) is 20.8 Å². The first kappa shape index (κ1) is 22.3. The van der Waals surface area contributed by atoms with Crippen molar-refractivity contribution in [3.05, 3.63) is 71.5 Å². The van der Waals surface area contributed by atoms with Crippen LogP contribution in [0, 0.1) is 13.8 Å². The maximum absolute atomic E-state index is 12.6. The standard InChI is InChI=1S/C25H27N5O3/c1-17-15-18(2)30(28-17)20-9-7-19(8-10-20)13-14-26-23(31)11-12-25(33)29-16-24(32)27-21-5-3-4-6-22(21)29/h3-10,15H,11-14,16H2,1-2H3,(H,26,31)(H,27,32). The first-order valence-electron chi connectivity index (χ1n) is 11.0. The van der Waals surface area contributed by atoms with Crippen LogP contribution in [0.4, 0.5) is 11.4 Å². The molecule has 8 heteroatoms. The molecule has 1 aliphatic heterocycles. The lowest BCUT2D eigenvalue weighted by Gasteiger charge is -2.29. The number of para-hydroxylation sites is 2. The van der Waals surface area contributed by atoms with Crippen molar-refractivity contribution < 1.29 is 14.4 Å². The summed E-state index contributed by atoms with van der Waals surface area (Å²) in [6.07, 6.45) is 0.817. The van der Waals surface area contributed by atoms with Gasteiger partial charge in [0, 0.05) is 25.1 Å². The third-order valence-corrected chi connectivity index (χ3v) is 5.56. The molecule has 2 N–H and O–H groups in total. The van der Waals surface area contributed by atoms with Crippen LogP contribution in [0.3, 0.4) is 0 Å². The van der Waals surface area contributed by atoms with Gasteiger partial charge in [-0.15, -0.1) is 0 Å². The molecule has 0 aliphatic carbocycles. The zero-order valence-electron chi connectivity index (χ0n) is 18.8. The highest BCUT2D eigenvalue weighted by molar-refractivity contribution is 6.10. The number of hydrogen-bond acceptors (Lipinski definition) is 4. The van der Waals surface area contributed by atoms with Gasteiger partial charge in [0.05, 0.1) is 22.8 Å². The largest absolute Gasteiger partial charge is 0.356 e. The maximum atomic E-state index is 12.6. The van der Waals surface area contributed by atoms with Crippen LogP contribution in [-0.4, -0.2) is 40.6 Å². The van der Waals surface area contributed by atoms with Gasteiger partial charge in [0.15, 0.2) is 0 Å². The Morgan fingerprint density at radius 2 is 1.82 bits per heavy atom. The molecule has 0 unspecified atom stereocenters. The van der Waals surface area contributed by atoms with Crippen molar-refractivity contribution in [3.63, 3.8) is 0 Å². The molecule has 170 valence electrons. The normalized spacial score (nSPS) is 12.8. The number of nitrogens with zero attached hydrogens (tertiary/aromatic N) is 3. The lowest BCUT2D eigenvalue weighted by molar-refractivity contribution is -0.125. The fourth-order valence-corrected chi connectivity index (χ4v) is 3.94. The lowest BCUT2D eigenvalue weighted by atomic mass is 10.1. The Kier molecular flexibility index (Phi) is 6.53. The van der Waals surface area contributed by atoms with Gasteiger partial charge < -0.3 is 15.5 Å². The summed E-state index contributed by atoms with van der Waals surface area (Å²) in [5.74, 6) is -0.667. The highest BCUT2D eigenvalue weighted by Gasteiger charge is 2.26. The van der Waals surface area contributed by atoms with E-state index in [1.165, 1.54) is 4.90 Å². The number of nitrogens with one attached hydrogen (secondary N) is 2. The van der Waals surface area contributed by atoms with Crippen LogP contribution in [0.5, 0.6) is 0 Å². The molecule has 2 aromatic carbocycles. The average Bonchev–Trinajstić information content (AvgIpc) is 3.15. The summed E-state index contributed by atoms with van der Waals surface area (Å²) >= 11 is 0. The van der Waals surface area contributed by atoms with E-state index in [2.05, 4.69) is 15.7 Å². The fourth-order valence-electron chi connectivity index (χ4n) is 3.94. The van der Waals surface area contributed by atoms with E-state index in [1.807, 2.05) is 54.9 Å². The molecule has 3 aromatic rings. The smallest absolute Gasteiger partial charge is 0.244 e. The fraction of sp³-hybridized carbons (Fsp3) is 0.280. The summed E-state index contributed by atoms with van der Waals surface area (Å²) in [5.41, 5.74) is 5.43. The van der Waals surface area contributed by atoms with Crippen LogP contribution < -0.4 is 15.5 Å². The van der Waals surface area contributed by atoms with E-state index in [0.717, 1.165) is 22.6 Å². The number of aryl methyl sites for hydroxylation is 2. The van der Waals surface area contributed by atoms with Crippen molar-refractivity contribution in [2.24, 2.45) is 0 Å². The molecule has 1 aromatic heterocycles. The molecule has 0 spiro atoms. The molecule has 0 saturated heterocycles. The van der Waals surface area contributed by atoms with Crippen LogP contribution in [0.2, 0.25) is 0 Å². The van der Waals surface area contributed by atoms with Gasteiger partial charge in [-0.1, -0.05) is 24.3 Å². The van der Waals surface area contributed by atoms with Gasteiger partial charge in [-0.05, 0) is 56.2 Å². The second kappa shape index (κ2) is 9.68. The van der Waals surface area contributed by atoms with Crippen LogP contribution in [0.1, 0.15) is 29.8 Å². The molecule has 2 heterocycles. The third-order valence-electron chi connectivity index (χ3n) is 5.56. The van der Waals surface area contributed by atoms with Crippen molar-refractivity contribution >= 4 is 29.1 Å². The summed E-state index contributed by atoms with van der Waals surface area (Å²) in [6.45, 7) is 4.44. The Morgan fingerprint density at radius 1 is 1.06 bits per heavy atom. The first-order chi connectivity index (χ1) is 15.9. The Bertz CT molecular complexity index is 1180. The molecule has 1 aliphatic rings. The molecule has 0 radical (unpaired) electrons. The van der Waals surface area contributed by atoms with Crippen molar-refractivity contribution in [2.45, 2.75) is 33.1 Å². The number of rotatable bonds is 7. The minimum absolute atomic E-state index is 0.0366. The zero-order chi connectivity index (χ0) is 23.4. The predicted molar refractivity (Wildman–Crippen MR) is 126 cm³/mol. The number of fused-ring (bicyclic) bond motifs is 1. The summed E-state index contributed by atoms with van der Waals surface area (Å²) in [4.78, 5) is 38.2. The number of amides is 3. The molecular formula is C25H27N5O3. The highest BCUT2D eigenvalue weighted by Crippen LogP contribution is 2.29. The van der Waals surface area contributed by atoms with Crippen molar-refractivity contribution in [2.75, 3.05) is 23.3 Å². The summed E-state index contributed by atoms with van der Waals surface area (Å²) in [5, 5.41) is 10.1. The predicted octanol–water partition coefficient (Wildman–Crippen LogP) is 2.91. The van der Waals surface area contributed by atoms with Gasteiger partial charge >= 0.3 is 0 Å². The van der Waals surface area contributed by atoms with Gasteiger partial charge in [-0.25, -0.2) is 4.68 Å². The maximum Gasteiger partial charge on any atom is 0.244 e. The van der Waals surface area contributed by atoms with E-state index >= 15 is 0 Å². The van der Waals surface area contributed by atoms with Crippen LogP contribution >= 0.6 is 0 Å². The van der Waals surface area contributed by atoms with E-state index < -0.39 is 0 Å². The van der Waals surface area contributed by atoms with E-state index in [4.69, 9.17) is 0 Å². The number of carbonyl (C=O) groups excluding carboxylic acids is 3. The molecule has 0 atom stereocenters. The Morgan fingerprint density at radius 3 is 2.55 bits per heavy atom. The first-order valence-corrected chi connectivity index (χ1v) is 11.0. The second-order valence-electron chi connectivity index (χ2n) is 8.15. The van der Waals surface area contributed by atoms with Crippen molar-refractivity contribution in [3.8, 4) is 5.69 Å². The van der Waals surface area contributed by atoms with Gasteiger partial charge in [-0.2, -0.15) is 5.10 Å². The molecule has 0 fully saturated rings. The summed E-state index contributed by atoms with van der Waals surface area (Å²) in [6, 6.07) is 17.3. The van der Waals surface area contributed by atoms with Gasteiger partial charge in [0.1, 0.15) is 6.54 Å². The minimum Gasteiger partial charge on any atom is -0.356 e. The molecular weight excluding hydrogens is 418 g/mol. The van der Waals surface area contributed by atoms with E-state index in [0.29, 0.717) is 24.3 Å². The SMILES string of the molecule is Cc1cc(C)n(-c2ccc(CCNC(=O)CCC(=O)N3CC(=O)Nc4ccccc43)cc2)n1. The molecule has 8 nitrogen and oxygen atoms in total. The van der Waals surface area contributed by atoms with E-state index in [1.54, 1.807) is 18.2 Å². The molecule has 0 saturated carbocycles. The number of carbonyl (C=O) groups is 3. The zero-order valence-corrected chi connectivity index (χ0v) is 18.8. The van der Waals surface area contributed by atoms with E-state index in [-0.39, 0.29) is 37.1 Å². The highest BCUT2D eigenvalue weighted by atomic mass is 16.2. The topological polar surface area (TPSA) is 96.3 Å². The number of anilines is 2. The van der Waals surface area contributed by atoms with Crippen molar-refractivity contribution in [1.82, 2.24) is 15.1 Å². The molecule has 0 bridgehead atoms. The number of hydrogen-bond donors (Lipinski definition) is 2. The van der Waals surface area contributed by atoms with Crippen LogP contribution in [0.15, 0.2) is 54.6 Å². The number of aromatic nitrogens is 2. The van der Waals surface area contributed by atoms with Crippen LogP contribution in [0.25, 0.3) is 5.69 Å².